The van der Waals surface area contributed by atoms with Crippen molar-refractivity contribution in [1.29, 1.82) is 0 Å². The summed E-state index contributed by atoms with van der Waals surface area (Å²) in [5.41, 5.74) is 1.41. The van der Waals surface area contributed by atoms with Crippen molar-refractivity contribution in [2.24, 2.45) is 17.8 Å². The van der Waals surface area contributed by atoms with E-state index in [1.54, 1.807) is 12.1 Å². The van der Waals surface area contributed by atoms with Gasteiger partial charge in [0.25, 0.3) is 5.91 Å². The quantitative estimate of drug-likeness (QED) is 0.861. The minimum Gasteiger partial charge on any atom is -0.339 e. The normalized spacial score (nSPS) is 28.2. The second-order valence-corrected chi connectivity index (χ2v) is 8.30. The van der Waals surface area contributed by atoms with Crippen LogP contribution in [0.5, 0.6) is 0 Å². The summed E-state index contributed by atoms with van der Waals surface area (Å²) < 4.78 is 0. The number of benzene rings is 1. The molecule has 3 amide bonds. The van der Waals surface area contributed by atoms with Crippen LogP contribution >= 0.6 is 0 Å². The monoisotopic (exact) mass is 355 g/mol. The molecule has 2 bridgehead atoms. The van der Waals surface area contributed by atoms with Crippen molar-refractivity contribution in [1.82, 2.24) is 10.2 Å². The van der Waals surface area contributed by atoms with Crippen molar-refractivity contribution in [2.75, 3.05) is 18.4 Å². The molecule has 1 heterocycles. The van der Waals surface area contributed by atoms with Gasteiger partial charge in [-0.15, -0.1) is 0 Å². The van der Waals surface area contributed by atoms with Crippen LogP contribution < -0.4 is 10.6 Å². The highest BCUT2D eigenvalue weighted by Crippen LogP contribution is 2.49. The molecule has 140 valence electrons. The first kappa shape index (κ1) is 17.4. The zero-order chi connectivity index (χ0) is 18.1. The van der Waals surface area contributed by atoms with Crippen LogP contribution in [0.4, 0.5) is 10.5 Å². The summed E-state index contributed by atoms with van der Waals surface area (Å²) in [6.07, 6.45) is 7.50. The molecule has 0 aromatic heterocycles. The van der Waals surface area contributed by atoms with Gasteiger partial charge in [0.15, 0.2) is 0 Å². The van der Waals surface area contributed by atoms with E-state index in [0.29, 0.717) is 11.5 Å². The van der Waals surface area contributed by atoms with Crippen LogP contribution in [-0.4, -0.2) is 36.0 Å². The Morgan fingerprint density at radius 1 is 1.08 bits per heavy atom. The molecule has 4 rings (SSSR count). The zero-order valence-corrected chi connectivity index (χ0v) is 15.5. The molecule has 0 spiro atoms. The van der Waals surface area contributed by atoms with Gasteiger partial charge >= 0.3 is 6.03 Å². The number of carbonyl (C=O) groups excluding carboxylic acids is 2. The minimum atomic E-state index is -0.154. The number of urea groups is 1. The summed E-state index contributed by atoms with van der Waals surface area (Å²) >= 11 is 0. The Bertz CT molecular complexity index is 666. The van der Waals surface area contributed by atoms with Crippen LogP contribution in [0.1, 0.15) is 55.8 Å². The molecular weight excluding hydrogens is 326 g/mol. The summed E-state index contributed by atoms with van der Waals surface area (Å²) in [5.74, 6) is 2.40. The third-order valence-corrected chi connectivity index (χ3v) is 6.58. The Hall–Kier alpha value is -2.04. The summed E-state index contributed by atoms with van der Waals surface area (Å²) in [4.78, 5) is 26.6. The molecule has 3 fully saturated rings. The lowest BCUT2D eigenvalue weighted by atomic mass is 9.84. The number of hydrogen-bond acceptors (Lipinski definition) is 2. The molecule has 0 unspecified atom stereocenters. The van der Waals surface area contributed by atoms with Crippen molar-refractivity contribution in [3.05, 3.63) is 29.8 Å². The molecule has 2 saturated carbocycles. The third kappa shape index (κ3) is 3.57. The summed E-state index contributed by atoms with van der Waals surface area (Å²) in [6, 6.07) is 7.28. The van der Waals surface area contributed by atoms with Gasteiger partial charge in [-0.25, -0.2) is 4.79 Å². The highest BCUT2D eigenvalue weighted by molar-refractivity contribution is 5.95. The van der Waals surface area contributed by atoms with Gasteiger partial charge in [0.05, 0.1) is 0 Å². The summed E-state index contributed by atoms with van der Waals surface area (Å²) in [5, 5.41) is 6.01. The van der Waals surface area contributed by atoms with Crippen molar-refractivity contribution < 1.29 is 9.59 Å². The van der Waals surface area contributed by atoms with E-state index in [4.69, 9.17) is 0 Å². The summed E-state index contributed by atoms with van der Waals surface area (Å²) in [6.45, 7) is 3.83. The van der Waals surface area contributed by atoms with Crippen LogP contribution in [0, 0.1) is 17.8 Å². The van der Waals surface area contributed by atoms with E-state index in [-0.39, 0.29) is 18.0 Å². The molecule has 1 aliphatic heterocycles. The van der Waals surface area contributed by atoms with Gasteiger partial charge in [-0.1, -0.05) is 6.42 Å². The van der Waals surface area contributed by atoms with E-state index in [0.717, 1.165) is 43.5 Å². The molecule has 2 aliphatic carbocycles. The fraction of sp³-hybridized carbons (Fsp3) is 0.619. The molecule has 4 atom stereocenters. The predicted molar refractivity (Wildman–Crippen MR) is 102 cm³/mol. The van der Waals surface area contributed by atoms with Gasteiger partial charge < -0.3 is 15.5 Å². The largest absolute Gasteiger partial charge is 0.339 e. The maximum Gasteiger partial charge on any atom is 0.319 e. The third-order valence-electron chi connectivity index (χ3n) is 6.58. The second-order valence-electron chi connectivity index (χ2n) is 8.30. The van der Waals surface area contributed by atoms with E-state index < -0.39 is 0 Å². The Labute approximate surface area is 155 Å². The van der Waals surface area contributed by atoms with Gasteiger partial charge in [-0.05, 0) is 81.0 Å². The van der Waals surface area contributed by atoms with Gasteiger partial charge in [0, 0.05) is 30.4 Å². The Morgan fingerprint density at radius 2 is 1.81 bits per heavy atom. The van der Waals surface area contributed by atoms with Crippen LogP contribution in [0.25, 0.3) is 0 Å². The molecule has 5 nitrogen and oxygen atoms in total. The lowest BCUT2D eigenvalue weighted by Gasteiger charge is -2.28. The smallest absolute Gasteiger partial charge is 0.319 e. The number of carbonyl (C=O) groups is 2. The maximum atomic E-state index is 12.4. The average Bonchev–Trinajstić information content (AvgIpc) is 3.39. The van der Waals surface area contributed by atoms with Gasteiger partial charge in [0.2, 0.25) is 0 Å². The number of anilines is 1. The summed E-state index contributed by atoms with van der Waals surface area (Å²) in [7, 11) is 0. The van der Waals surface area contributed by atoms with Crippen molar-refractivity contribution in [3.8, 4) is 0 Å². The number of likely N-dealkylation sites (tertiary alicyclic amines) is 1. The molecule has 1 saturated heterocycles. The number of nitrogens with one attached hydrogen (secondary N) is 2. The van der Waals surface area contributed by atoms with Crippen LogP contribution in [0.3, 0.4) is 0 Å². The predicted octanol–water partition coefficient (Wildman–Crippen LogP) is 3.87. The standard InChI is InChI=1S/C21H29N3O2/c1-14(19-13-15-4-5-17(19)12-15)22-21(26)23-18-8-6-16(7-9-18)20(25)24-10-2-3-11-24/h6-9,14-15,17,19H,2-5,10-13H2,1H3,(H2,22,23,26)/t14-,15+,17+,19+/m1/s1. The Balaban J connectivity index is 1.29. The number of nitrogens with zero attached hydrogens (tertiary/aromatic N) is 1. The Kier molecular flexibility index (Phi) is 4.88. The van der Waals surface area contributed by atoms with Crippen molar-refractivity contribution in [2.45, 2.75) is 51.5 Å². The van der Waals surface area contributed by atoms with E-state index in [1.165, 1.54) is 25.7 Å². The lowest BCUT2D eigenvalue weighted by molar-refractivity contribution is 0.0793. The molecule has 26 heavy (non-hydrogen) atoms. The lowest BCUT2D eigenvalue weighted by Crippen LogP contribution is -2.42. The SMILES string of the molecule is C[C@@H](NC(=O)Nc1ccc(C(=O)N2CCCC2)cc1)[C@@H]1C[C@H]2CC[C@H]1C2. The average molecular weight is 355 g/mol. The van der Waals surface area contributed by atoms with E-state index in [9.17, 15) is 9.59 Å². The molecule has 5 heteroatoms. The highest BCUT2D eigenvalue weighted by atomic mass is 16.2. The van der Waals surface area contributed by atoms with Crippen molar-refractivity contribution >= 4 is 17.6 Å². The second kappa shape index (κ2) is 7.29. The molecule has 0 radical (unpaired) electrons. The molecule has 2 N–H and O–H groups in total. The van der Waals surface area contributed by atoms with Crippen LogP contribution in [-0.2, 0) is 0 Å². The van der Waals surface area contributed by atoms with Crippen molar-refractivity contribution in [3.63, 3.8) is 0 Å². The van der Waals surface area contributed by atoms with Gasteiger partial charge in [-0.3, -0.25) is 4.79 Å². The zero-order valence-electron chi connectivity index (χ0n) is 15.5. The molecule has 1 aromatic carbocycles. The van der Waals surface area contributed by atoms with Gasteiger partial charge in [-0.2, -0.15) is 0 Å². The highest BCUT2D eigenvalue weighted by Gasteiger charge is 2.42. The number of amides is 3. The molecular formula is C21H29N3O2. The molecule has 1 aromatic rings. The fourth-order valence-electron chi connectivity index (χ4n) is 5.19. The minimum absolute atomic E-state index is 0.0865. The first-order chi connectivity index (χ1) is 12.6. The number of hydrogen-bond donors (Lipinski definition) is 2. The first-order valence-electron chi connectivity index (χ1n) is 10.1. The van der Waals surface area contributed by atoms with E-state index >= 15 is 0 Å². The topological polar surface area (TPSA) is 61.4 Å². The first-order valence-corrected chi connectivity index (χ1v) is 10.1. The van der Waals surface area contributed by atoms with Crippen LogP contribution in [0.2, 0.25) is 0 Å². The van der Waals surface area contributed by atoms with Gasteiger partial charge in [0.1, 0.15) is 0 Å². The number of fused-ring (bicyclic) bond motifs is 2. The fourth-order valence-corrected chi connectivity index (χ4v) is 5.19. The van der Waals surface area contributed by atoms with E-state index in [2.05, 4.69) is 17.6 Å². The molecule has 3 aliphatic rings. The van der Waals surface area contributed by atoms with E-state index in [1.807, 2.05) is 17.0 Å². The Morgan fingerprint density at radius 3 is 2.42 bits per heavy atom. The number of rotatable bonds is 4. The van der Waals surface area contributed by atoms with Crippen LogP contribution in [0.15, 0.2) is 24.3 Å². The maximum absolute atomic E-state index is 12.4.